The molecule has 0 bridgehead atoms. The third-order valence-electron chi connectivity index (χ3n) is 3.99. The number of carboxylic acid groups (broad SMARTS) is 1. The van der Waals surface area contributed by atoms with Crippen molar-refractivity contribution in [3.63, 3.8) is 0 Å². The summed E-state index contributed by atoms with van der Waals surface area (Å²) in [7, 11) is 1.59. The van der Waals surface area contributed by atoms with E-state index in [1.54, 1.807) is 29.9 Å². The van der Waals surface area contributed by atoms with Gasteiger partial charge < -0.3 is 10.0 Å². The zero-order chi connectivity index (χ0) is 18.7. The lowest BCUT2D eigenvalue weighted by molar-refractivity contribution is -0.138. The molecule has 1 N–H and O–H groups in total. The second-order valence-corrected chi connectivity index (χ2v) is 6.64. The van der Waals surface area contributed by atoms with Crippen LogP contribution in [0.3, 0.4) is 0 Å². The molecule has 0 radical (unpaired) electrons. The molecular weight excluding hydrogens is 365 g/mol. The monoisotopic (exact) mass is 383 g/mol. The Hall–Kier alpha value is -2.05. The number of carboxylic acids is 1. The lowest BCUT2D eigenvalue weighted by atomic mass is 10.1. The summed E-state index contributed by atoms with van der Waals surface area (Å²) in [5.41, 5.74) is 3.02. The van der Waals surface area contributed by atoms with Crippen LogP contribution in [0.1, 0.15) is 23.4 Å². The van der Waals surface area contributed by atoms with Crippen LogP contribution in [-0.4, -0.2) is 45.3 Å². The SMILES string of the molecule is Cc1nn(-c2ccc(Cl)cc2Cl)c(C)c1CC(=O)N(C)CCC(=O)O. The Morgan fingerprint density at radius 2 is 1.96 bits per heavy atom. The Balaban J connectivity index is 2.25. The molecule has 2 aromatic rings. The van der Waals surface area contributed by atoms with Crippen molar-refractivity contribution < 1.29 is 14.7 Å². The number of hydrogen-bond acceptors (Lipinski definition) is 3. The molecular formula is C17H19Cl2N3O3. The van der Waals surface area contributed by atoms with Gasteiger partial charge in [0.1, 0.15) is 0 Å². The van der Waals surface area contributed by atoms with E-state index in [1.807, 2.05) is 13.8 Å². The van der Waals surface area contributed by atoms with Crippen molar-refractivity contribution in [2.24, 2.45) is 0 Å². The average molecular weight is 384 g/mol. The van der Waals surface area contributed by atoms with Gasteiger partial charge in [-0.25, -0.2) is 4.68 Å². The van der Waals surface area contributed by atoms with Crippen LogP contribution in [-0.2, 0) is 16.0 Å². The summed E-state index contributed by atoms with van der Waals surface area (Å²) >= 11 is 12.2. The van der Waals surface area contributed by atoms with Crippen LogP contribution in [0.25, 0.3) is 5.69 Å². The van der Waals surface area contributed by atoms with Gasteiger partial charge in [0.05, 0.1) is 29.2 Å². The van der Waals surface area contributed by atoms with E-state index in [9.17, 15) is 9.59 Å². The fraction of sp³-hybridized carbons (Fsp3) is 0.353. The molecule has 0 atom stereocenters. The highest BCUT2D eigenvalue weighted by atomic mass is 35.5. The summed E-state index contributed by atoms with van der Waals surface area (Å²) in [6.45, 7) is 3.86. The molecule has 0 unspecified atom stereocenters. The molecule has 1 heterocycles. The second-order valence-electron chi connectivity index (χ2n) is 5.79. The molecule has 0 aliphatic rings. The first-order chi connectivity index (χ1) is 11.7. The molecule has 25 heavy (non-hydrogen) atoms. The van der Waals surface area contributed by atoms with Crippen molar-refractivity contribution in [3.8, 4) is 5.69 Å². The molecule has 0 saturated carbocycles. The molecule has 6 nitrogen and oxygen atoms in total. The lowest BCUT2D eigenvalue weighted by Gasteiger charge is -2.16. The van der Waals surface area contributed by atoms with Gasteiger partial charge in [-0.2, -0.15) is 5.10 Å². The number of nitrogens with zero attached hydrogens (tertiary/aromatic N) is 3. The molecule has 0 spiro atoms. The van der Waals surface area contributed by atoms with Crippen molar-refractivity contribution in [3.05, 3.63) is 45.2 Å². The minimum Gasteiger partial charge on any atom is -0.481 e. The maximum Gasteiger partial charge on any atom is 0.305 e. The molecule has 0 aliphatic heterocycles. The van der Waals surface area contributed by atoms with E-state index in [-0.39, 0.29) is 25.3 Å². The number of likely N-dealkylation sites (N-methyl/N-ethyl adjacent to an activating group) is 1. The van der Waals surface area contributed by atoms with Crippen LogP contribution in [0.4, 0.5) is 0 Å². The van der Waals surface area contributed by atoms with Crippen molar-refractivity contribution in [1.82, 2.24) is 14.7 Å². The first kappa shape index (κ1) is 19.3. The van der Waals surface area contributed by atoms with Crippen molar-refractivity contribution in [2.75, 3.05) is 13.6 Å². The molecule has 8 heteroatoms. The number of hydrogen-bond donors (Lipinski definition) is 1. The molecule has 1 amide bonds. The van der Waals surface area contributed by atoms with E-state index in [0.29, 0.717) is 15.7 Å². The van der Waals surface area contributed by atoms with Crippen molar-refractivity contribution in [2.45, 2.75) is 26.7 Å². The number of benzene rings is 1. The predicted octanol–water partition coefficient (Wildman–Crippen LogP) is 3.27. The minimum absolute atomic E-state index is 0.0835. The molecule has 1 aromatic carbocycles. The van der Waals surface area contributed by atoms with Crippen molar-refractivity contribution in [1.29, 1.82) is 0 Å². The minimum atomic E-state index is -0.933. The number of aryl methyl sites for hydroxylation is 1. The zero-order valence-corrected chi connectivity index (χ0v) is 15.7. The van der Waals surface area contributed by atoms with E-state index < -0.39 is 5.97 Å². The normalized spacial score (nSPS) is 10.8. The first-order valence-corrected chi connectivity index (χ1v) is 8.42. The van der Waals surface area contributed by atoms with Gasteiger partial charge in [0.25, 0.3) is 0 Å². The molecule has 134 valence electrons. The Morgan fingerprint density at radius 3 is 2.56 bits per heavy atom. The van der Waals surface area contributed by atoms with E-state index in [1.165, 1.54) is 4.90 Å². The zero-order valence-electron chi connectivity index (χ0n) is 14.2. The Labute approximate surface area is 155 Å². The third-order valence-corrected chi connectivity index (χ3v) is 4.53. The first-order valence-electron chi connectivity index (χ1n) is 7.67. The van der Waals surface area contributed by atoms with Crippen LogP contribution < -0.4 is 0 Å². The molecule has 2 rings (SSSR count). The number of rotatable bonds is 6. The summed E-state index contributed by atoms with van der Waals surface area (Å²) in [6, 6.07) is 5.14. The summed E-state index contributed by atoms with van der Waals surface area (Å²) in [6.07, 6.45) is 0.0683. The summed E-state index contributed by atoms with van der Waals surface area (Å²) in [5, 5.41) is 14.2. The van der Waals surface area contributed by atoms with E-state index in [0.717, 1.165) is 17.0 Å². The van der Waals surface area contributed by atoms with Gasteiger partial charge in [0.15, 0.2) is 0 Å². The predicted molar refractivity (Wildman–Crippen MR) is 96.7 cm³/mol. The fourth-order valence-corrected chi connectivity index (χ4v) is 2.98. The quantitative estimate of drug-likeness (QED) is 0.830. The van der Waals surface area contributed by atoms with Gasteiger partial charge in [0, 0.05) is 29.9 Å². The fourth-order valence-electron chi connectivity index (χ4n) is 2.49. The number of halogens is 2. The van der Waals surface area contributed by atoms with Crippen molar-refractivity contribution >= 4 is 35.1 Å². The van der Waals surface area contributed by atoms with Gasteiger partial charge in [-0.1, -0.05) is 23.2 Å². The van der Waals surface area contributed by atoms with E-state index in [4.69, 9.17) is 28.3 Å². The number of aromatic nitrogens is 2. The number of carbonyl (C=O) groups excluding carboxylic acids is 1. The van der Waals surface area contributed by atoms with Gasteiger partial charge in [0.2, 0.25) is 5.91 Å². The highest BCUT2D eigenvalue weighted by Gasteiger charge is 2.19. The van der Waals surface area contributed by atoms with Crippen LogP contribution >= 0.6 is 23.2 Å². The number of carbonyl (C=O) groups is 2. The van der Waals surface area contributed by atoms with Crippen LogP contribution in [0, 0.1) is 13.8 Å². The topological polar surface area (TPSA) is 75.4 Å². The largest absolute Gasteiger partial charge is 0.481 e. The molecule has 0 saturated heterocycles. The van der Waals surface area contributed by atoms with Crippen LogP contribution in [0.2, 0.25) is 10.0 Å². The Bertz CT molecular complexity index is 818. The highest BCUT2D eigenvalue weighted by Crippen LogP contribution is 2.27. The van der Waals surface area contributed by atoms with Gasteiger partial charge in [-0.15, -0.1) is 0 Å². The molecule has 1 aromatic heterocycles. The number of aliphatic carboxylic acids is 1. The Kier molecular flexibility index (Phi) is 6.08. The maximum atomic E-state index is 12.3. The summed E-state index contributed by atoms with van der Waals surface area (Å²) in [5.74, 6) is -1.09. The summed E-state index contributed by atoms with van der Waals surface area (Å²) < 4.78 is 1.69. The van der Waals surface area contributed by atoms with Crippen LogP contribution in [0.15, 0.2) is 18.2 Å². The highest BCUT2D eigenvalue weighted by molar-refractivity contribution is 6.35. The lowest BCUT2D eigenvalue weighted by Crippen LogP contribution is -2.30. The van der Waals surface area contributed by atoms with Gasteiger partial charge in [-0.05, 0) is 32.0 Å². The second kappa shape index (κ2) is 7.89. The Morgan fingerprint density at radius 1 is 1.28 bits per heavy atom. The van der Waals surface area contributed by atoms with E-state index >= 15 is 0 Å². The van der Waals surface area contributed by atoms with E-state index in [2.05, 4.69) is 5.10 Å². The molecule has 0 aliphatic carbocycles. The maximum absolute atomic E-state index is 12.3. The summed E-state index contributed by atoms with van der Waals surface area (Å²) in [4.78, 5) is 24.4. The third kappa shape index (κ3) is 4.52. The average Bonchev–Trinajstić information content (AvgIpc) is 2.80. The van der Waals surface area contributed by atoms with Gasteiger partial charge in [-0.3, -0.25) is 9.59 Å². The molecule has 0 fully saturated rings. The smallest absolute Gasteiger partial charge is 0.305 e. The van der Waals surface area contributed by atoms with Gasteiger partial charge >= 0.3 is 5.97 Å². The number of amides is 1. The van der Waals surface area contributed by atoms with Crippen LogP contribution in [0.5, 0.6) is 0 Å². The standard InChI is InChI=1S/C17H19Cl2N3O3/c1-10-13(9-16(23)21(3)7-6-17(24)25)11(2)22(20-10)15-5-4-12(18)8-14(15)19/h4-5,8H,6-7,9H2,1-3H3,(H,24,25).